The van der Waals surface area contributed by atoms with Gasteiger partial charge < -0.3 is 4.43 Å². The van der Waals surface area contributed by atoms with Crippen molar-refractivity contribution in [1.82, 2.24) is 0 Å². The molecule has 0 spiro atoms. The van der Waals surface area contributed by atoms with E-state index in [1.54, 1.807) is 0 Å². The van der Waals surface area contributed by atoms with Crippen LogP contribution in [-0.2, 0) is 16.4 Å². The summed E-state index contributed by atoms with van der Waals surface area (Å²) in [4.78, 5) is 0. The normalized spacial score (nSPS) is 12.2. The fourth-order valence-corrected chi connectivity index (χ4v) is 3.24. The van der Waals surface area contributed by atoms with Gasteiger partial charge >= 0.3 is 0 Å². The third kappa shape index (κ3) is 4.40. The molecule has 4 heteroatoms. The number of hydrogen-bond donors (Lipinski definition) is 0. The molecule has 0 N–H and O–H groups in total. The van der Waals surface area contributed by atoms with Crippen molar-refractivity contribution < 1.29 is 4.43 Å². The zero-order valence-corrected chi connectivity index (χ0v) is 14.6. The molecule has 1 aromatic rings. The van der Waals surface area contributed by atoms with Crippen LogP contribution in [0.15, 0.2) is 16.6 Å². The third-order valence-corrected chi connectivity index (χ3v) is 4.48. The van der Waals surface area contributed by atoms with Crippen molar-refractivity contribution in [2.45, 2.75) is 45.9 Å². The van der Waals surface area contributed by atoms with E-state index in [1.807, 2.05) is 12.1 Å². The summed E-state index contributed by atoms with van der Waals surface area (Å²) in [5.74, 6) is 0. The van der Waals surface area contributed by atoms with Crippen LogP contribution in [0.25, 0.3) is 0 Å². The summed E-state index contributed by atoms with van der Waals surface area (Å²) in [6.07, 6.45) is 0. The highest BCUT2D eigenvalue weighted by Gasteiger charge is 2.20. The maximum atomic E-state index is 6.18. The Labute approximate surface area is 119 Å². The number of benzene rings is 1. The van der Waals surface area contributed by atoms with E-state index in [0.717, 1.165) is 15.1 Å². The first-order chi connectivity index (χ1) is 7.71. The minimum Gasteiger partial charge on any atom is -0.416 e. The predicted octanol–water partition coefficient (Wildman–Crippen LogP) is 4.90. The second-order valence-electron chi connectivity index (χ2n) is 5.54. The van der Waals surface area contributed by atoms with E-state index in [-0.39, 0.29) is 5.41 Å². The molecule has 0 heterocycles. The van der Waals surface area contributed by atoms with Gasteiger partial charge in [-0.3, -0.25) is 0 Å². The van der Waals surface area contributed by atoms with Gasteiger partial charge in [-0.25, -0.2) is 0 Å². The largest absolute Gasteiger partial charge is 0.416 e. The first-order valence-electron chi connectivity index (χ1n) is 5.82. The summed E-state index contributed by atoms with van der Waals surface area (Å²) in [6.45, 7) is 11.5. The molecule has 96 valence electrons. The lowest BCUT2D eigenvalue weighted by atomic mass is 9.86. The summed E-state index contributed by atoms with van der Waals surface area (Å²) in [7, 11) is -0.998. The molecule has 0 atom stereocenters. The predicted molar refractivity (Wildman–Crippen MR) is 81.5 cm³/mol. The molecule has 1 nitrogen and oxygen atoms in total. The van der Waals surface area contributed by atoms with Crippen molar-refractivity contribution in [2.75, 3.05) is 0 Å². The molecule has 17 heavy (non-hydrogen) atoms. The molecule has 0 unspecified atom stereocenters. The van der Waals surface area contributed by atoms with Crippen LogP contribution < -0.4 is 0 Å². The van der Waals surface area contributed by atoms with Gasteiger partial charge in [-0.2, -0.15) is 0 Å². The van der Waals surface area contributed by atoms with Gasteiger partial charge in [0, 0.05) is 9.50 Å². The second-order valence-corrected chi connectivity index (χ2v) is 9.20. The van der Waals surface area contributed by atoms with Crippen molar-refractivity contribution >= 4 is 36.6 Å². The van der Waals surface area contributed by atoms with E-state index >= 15 is 0 Å². The highest BCUT2D eigenvalue weighted by atomic mass is 79.9. The molecule has 0 fully saturated rings. The van der Waals surface area contributed by atoms with E-state index in [0.29, 0.717) is 6.61 Å². The fraction of sp³-hybridized carbons (Fsp3) is 0.538. The Morgan fingerprint density at radius 2 is 1.88 bits per heavy atom. The summed E-state index contributed by atoms with van der Waals surface area (Å²) in [6, 6.07) is 4.01. The van der Waals surface area contributed by atoms with Crippen LogP contribution in [0.5, 0.6) is 0 Å². The van der Waals surface area contributed by atoms with E-state index in [1.165, 1.54) is 5.56 Å². The minimum atomic E-state index is -0.998. The topological polar surface area (TPSA) is 9.23 Å². The Morgan fingerprint density at radius 1 is 1.29 bits per heavy atom. The van der Waals surface area contributed by atoms with Crippen LogP contribution >= 0.6 is 27.5 Å². The molecule has 0 aliphatic rings. The molecule has 0 aliphatic heterocycles. The van der Waals surface area contributed by atoms with Crippen molar-refractivity contribution in [3.8, 4) is 0 Å². The molecule has 0 amide bonds. The van der Waals surface area contributed by atoms with Crippen molar-refractivity contribution in [2.24, 2.45) is 0 Å². The van der Waals surface area contributed by atoms with Crippen LogP contribution in [-0.4, -0.2) is 9.04 Å². The Hall–Kier alpha value is 0.167. The Morgan fingerprint density at radius 3 is 2.35 bits per heavy atom. The van der Waals surface area contributed by atoms with Crippen LogP contribution in [0.4, 0.5) is 0 Å². The summed E-state index contributed by atoms with van der Waals surface area (Å²) in [5, 5.41) is 0.780. The molecule has 0 saturated heterocycles. The van der Waals surface area contributed by atoms with Gasteiger partial charge in [0.05, 0.1) is 6.61 Å². The van der Waals surface area contributed by atoms with Gasteiger partial charge in [-0.15, -0.1) is 0 Å². The summed E-state index contributed by atoms with van der Waals surface area (Å²) < 4.78 is 6.91. The number of halogens is 2. The van der Waals surface area contributed by atoms with Crippen molar-refractivity contribution in [1.29, 1.82) is 0 Å². The van der Waals surface area contributed by atoms with Gasteiger partial charge in [0.1, 0.15) is 0 Å². The van der Waals surface area contributed by atoms with Crippen molar-refractivity contribution in [3.05, 3.63) is 32.8 Å². The molecular formula is C13H20BrClOSi. The zero-order valence-electron chi connectivity index (χ0n) is 11.1. The third-order valence-electron chi connectivity index (χ3n) is 2.49. The van der Waals surface area contributed by atoms with Gasteiger partial charge in [-0.05, 0) is 41.8 Å². The molecular weight excluding hydrogens is 316 g/mol. The van der Waals surface area contributed by atoms with Crippen molar-refractivity contribution in [3.63, 3.8) is 0 Å². The van der Waals surface area contributed by atoms with Crippen LogP contribution in [0, 0.1) is 0 Å². The van der Waals surface area contributed by atoms with E-state index < -0.39 is 9.04 Å². The zero-order chi connectivity index (χ0) is 13.2. The van der Waals surface area contributed by atoms with Gasteiger partial charge in [0.25, 0.3) is 0 Å². The average Bonchev–Trinajstić information content (AvgIpc) is 2.17. The average molecular weight is 336 g/mol. The molecule has 1 rings (SSSR count). The maximum absolute atomic E-state index is 6.18. The quantitative estimate of drug-likeness (QED) is 0.714. The summed E-state index contributed by atoms with van der Waals surface area (Å²) in [5.41, 5.74) is 2.45. The molecule has 0 aromatic heterocycles. The standard InChI is InChI=1S/C13H20BrClOSi/c1-13(2,3)11-7-10(15)6-9(12(11)14)8-16-17(4)5/h6-7,17H,8H2,1-5H3. The van der Waals surface area contributed by atoms with Gasteiger partial charge in [-0.1, -0.05) is 48.3 Å². The first-order valence-corrected chi connectivity index (χ1v) is 9.77. The maximum Gasteiger partial charge on any atom is 0.171 e. The highest BCUT2D eigenvalue weighted by molar-refractivity contribution is 9.10. The number of rotatable bonds is 3. The molecule has 0 bridgehead atoms. The Kier molecular flexibility index (Phi) is 5.26. The lowest BCUT2D eigenvalue weighted by Gasteiger charge is -2.23. The fourth-order valence-electron chi connectivity index (χ4n) is 1.55. The molecule has 0 aliphatic carbocycles. The van der Waals surface area contributed by atoms with Gasteiger partial charge in [0.15, 0.2) is 9.04 Å². The summed E-state index contributed by atoms with van der Waals surface area (Å²) >= 11 is 9.86. The van der Waals surface area contributed by atoms with E-state index in [9.17, 15) is 0 Å². The Balaban J connectivity index is 3.11. The monoisotopic (exact) mass is 334 g/mol. The smallest absolute Gasteiger partial charge is 0.171 e. The van der Waals surface area contributed by atoms with Crippen LogP contribution in [0.2, 0.25) is 18.1 Å². The van der Waals surface area contributed by atoms with Crippen LogP contribution in [0.3, 0.4) is 0 Å². The second kappa shape index (κ2) is 5.87. The molecule has 1 aromatic carbocycles. The van der Waals surface area contributed by atoms with E-state index in [2.05, 4.69) is 49.8 Å². The Bertz CT molecular complexity index is 399. The lowest BCUT2D eigenvalue weighted by molar-refractivity contribution is 0.313. The lowest BCUT2D eigenvalue weighted by Crippen LogP contribution is -2.14. The molecule has 0 radical (unpaired) electrons. The minimum absolute atomic E-state index is 0.0771. The van der Waals surface area contributed by atoms with E-state index in [4.69, 9.17) is 16.0 Å². The first kappa shape index (κ1) is 15.2. The SMILES string of the molecule is C[SiH](C)OCc1cc(Cl)cc(C(C)(C)C)c1Br. The van der Waals surface area contributed by atoms with Crippen LogP contribution in [0.1, 0.15) is 31.9 Å². The van der Waals surface area contributed by atoms with Gasteiger partial charge in [0.2, 0.25) is 0 Å². The number of hydrogen-bond acceptors (Lipinski definition) is 1. The highest BCUT2D eigenvalue weighted by Crippen LogP contribution is 2.35. The molecule has 0 saturated carbocycles.